The molecule has 0 aromatic rings. The van der Waals surface area contributed by atoms with Crippen LogP contribution in [0, 0.1) is 23.2 Å². The molecule has 3 saturated carbocycles. The first-order valence-corrected chi connectivity index (χ1v) is 7.33. The number of hydrogen-bond acceptors (Lipinski definition) is 3. The first-order valence-electron chi connectivity index (χ1n) is 7.33. The van der Waals surface area contributed by atoms with Crippen LogP contribution in [0.5, 0.6) is 0 Å². The Morgan fingerprint density at radius 3 is 2.94 bits per heavy atom. The van der Waals surface area contributed by atoms with Gasteiger partial charge < -0.3 is 9.47 Å². The van der Waals surface area contributed by atoms with Gasteiger partial charge in [0.2, 0.25) is 0 Å². The van der Waals surface area contributed by atoms with Gasteiger partial charge in [-0.05, 0) is 38.0 Å². The molecule has 0 spiro atoms. The minimum atomic E-state index is 0.237. The fourth-order valence-corrected chi connectivity index (χ4v) is 5.07. The van der Waals surface area contributed by atoms with Crippen molar-refractivity contribution in [2.75, 3.05) is 13.9 Å². The highest BCUT2D eigenvalue weighted by Gasteiger charge is 2.60. The van der Waals surface area contributed by atoms with E-state index in [1.165, 1.54) is 19.3 Å². The van der Waals surface area contributed by atoms with Crippen LogP contribution in [0.25, 0.3) is 0 Å². The molecule has 5 atom stereocenters. The van der Waals surface area contributed by atoms with Gasteiger partial charge >= 0.3 is 0 Å². The van der Waals surface area contributed by atoms with E-state index in [0.717, 1.165) is 19.3 Å². The third-order valence-corrected chi connectivity index (χ3v) is 5.69. The molecule has 0 N–H and O–H groups in total. The van der Waals surface area contributed by atoms with Crippen molar-refractivity contribution in [1.29, 1.82) is 0 Å². The molecule has 3 aliphatic rings. The van der Waals surface area contributed by atoms with E-state index in [9.17, 15) is 4.79 Å². The zero-order valence-corrected chi connectivity index (χ0v) is 11.5. The van der Waals surface area contributed by atoms with Crippen LogP contribution in [0.15, 0.2) is 0 Å². The van der Waals surface area contributed by atoms with Crippen LogP contribution in [0.3, 0.4) is 0 Å². The van der Waals surface area contributed by atoms with Gasteiger partial charge in [-0.25, -0.2) is 0 Å². The van der Waals surface area contributed by atoms with Crippen LogP contribution >= 0.6 is 0 Å². The lowest BCUT2D eigenvalue weighted by Gasteiger charge is -2.50. The summed E-state index contributed by atoms with van der Waals surface area (Å²) in [4.78, 5) is 12.3. The molecule has 3 heteroatoms. The topological polar surface area (TPSA) is 35.5 Å². The molecule has 102 valence electrons. The fraction of sp³-hybridized carbons (Fsp3) is 0.933. The monoisotopic (exact) mass is 252 g/mol. The van der Waals surface area contributed by atoms with Crippen molar-refractivity contribution in [2.24, 2.45) is 23.2 Å². The predicted molar refractivity (Wildman–Crippen MR) is 68.0 cm³/mol. The zero-order chi connectivity index (χ0) is 12.8. The van der Waals surface area contributed by atoms with Crippen LogP contribution in [-0.4, -0.2) is 25.8 Å². The van der Waals surface area contributed by atoms with Gasteiger partial charge in [-0.3, -0.25) is 4.79 Å². The smallest absolute Gasteiger partial charge is 0.146 e. The molecule has 0 aromatic heterocycles. The van der Waals surface area contributed by atoms with Crippen molar-refractivity contribution in [1.82, 2.24) is 0 Å². The summed E-state index contributed by atoms with van der Waals surface area (Å²) >= 11 is 0. The molecule has 3 fully saturated rings. The van der Waals surface area contributed by atoms with E-state index in [1.54, 1.807) is 7.11 Å². The average Bonchev–Trinajstić information content (AvgIpc) is 2.68. The lowest BCUT2D eigenvalue weighted by Crippen LogP contribution is -2.51. The lowest BCUT2D eigenvalue weighted by molar-refractivity contribution is -0.167. The van der Waals surface area contributed by atoms with Gasteiger partial charge in [0.05, 0.1) is 6.10 Å². The summed E-state index contributed by atoms with van der Waals surface area (Å²) in [5, 5.41) is 0. The van der Waals surface area contributed by atoms with E-state index < -0.39 is 0 Å². The second-order valence-corrected chi connectivity index (χ2v) is 6.49. The van der Waals surface area contributed by atoms with E-state index in [0.29, 0.717) is 30.5 Å². The predicted octanol–water partition coefficient (Wildman–Crippen LogP) is 2.78. The molecule has 3 aliphatic carbocycles. The second-order valence-electron chi connectivity index (χ2n) is 6.49. The van der Waals surface area contributed by atoms with Crippen molar-refractivity contribution < 1.29 is 14.3 Å². The van der Waals surface area contributed by atoms with E-state index in [1.807, 2.05) is 0 Å². The van der Waals surface area contributed by atoms with Gasteiger partial charge in [0.25, 0.3) is 0 Å². The molecular formula is C15H24O3. The number of methoxy groups -OCH3 is 1. The second kappa shape index (κ2) is 4.61. The SMILES string of the molecule is COCO[C@H]1CCC[C@H]2[C@@H]3CC[C@@]12C[C@@H](C)C3=O. The summed E-state index contributed by atoms with van der Waals surface area (Å²) in [6, 6.07) is 0. The summed E-state index contributed by atoms with van der Waals surface area (Å²) in [6.45, 7) is 2.51. The number of ether oxygens (including phenoxy) is 2. The van der Waals surface area contributed by atoms with E-state index in [4.69, 9.17) is 9.47 Å². The van der Waals surface area contributed by atoms with Crippen LogP contribution < -0.4 is 0 Å². The van der Waals surface area contributed by atoms with Crippen LogP contribution in [0.1, 0.15) is 45.4 Å². The van der Waals surface area contributed by atoms with Gasteiger partial charge in [-0.15, -0.1) is 0 Å². The van der Waals surface area contributed by atoms with E-state index in [2.05, 4.69) is 6.92 Å². The summed E-state index contributed by atoms with van der Waals surface area (Å²) in [7, 11) is 1.68. The molecule has 0 unspecified atom stereocenters. The number of Topliss-reactive ketones (excluding diaryl/α,β-unsaturated/α-hetero) is 1. The highest BCUT2D eigenvalue weighted by Crippen LogP contribution is 2.62. The quantitative estimate of drug-likeness (QED) is 0.725. The Bertz CT molecular complexity index is 341. The standard InChI is InChI=1S/C15H24O3/c1-10-8-15-7-6-11(14(10)16)12(15)4-3-5-13(15)18-9-17-2/h10-13H,3-9H2,1-2H3/t10-,11+,12+,13+,15+/m1/s1. The largest absolute Gasteiger partial charge is 0.359 e. The van der Waals surface area contributed by atoms with Gasteiger partial charge in [0.1, 0.15) is 12.6 Å². The minimum absolute atomic E-state index is 0.237. The van der Waals surface area contributed by atoms with Crippen molar-refractivity contribution in [3.63, 3.8) is 0 Å². The number of rotatable bonds is 3. The Labute approximate surface area is 109 Å². The van der Waals surface area contributed by atoms with Crippen LogP contribution in [0.2, 0.25) is 0 Å². The van der Waals surface area contributed by atoms with Crippen LogP contribution in [0.4, 0.5) is 0 Å². The number of carbonyl (C=O) groups excluding carboxylic acids is 1. The minimum Gasteiger partial charge on any atom is -0.359 e. The van der Waals surface area contributed by atoms with Gasteiger partial charge in [-0.2, -0.15) is 0 Å². The maximum absolute atomic E-state index is 12.3. The molecule has 3 rings (SSSR count). The Kier molecular flexibility index (Phi) is 3.23. The number of carbonyl (C=O) groups is 1. The molecule has 0 saturated heterocycles. The molecule has 2 bridgehead atoms. The maximum atomic E-state index is 12.3. The zero-order valence-electron chi connectivity index (χ0n) is 11.5. The van der Waals surface area contributed by atoms with Crippen molar-refractivity contribution in [3.05, 3.63) is 0 Å². The first-order chi connectivity index (χ1) is 8.69. The Morgan fingerprint density at radius 2 is 2.17 bits per heavy atom. The average molecular weight is 252 g/mol. The highest BCUT2D eigenvalue weighted by molar-refractivity contribution is 5.85. The summed E-state index contributed by atoms with van der Waals surface area (Å²) in [6.07, 6.45) is 7.23. The fourth-order valence-electron chi connectivity index (χ4n) is 5.07. The van der Waals surface area contributed by atoms with Gasteiger partial charge in [-0.1, -0.05) is 13.3 Å². The molecule has 18 heavy (non-hydrogen) atoms. The first kappa shape index (κ1) is 12.6. The molecular weight excluding hydrogens is 228 g/mol. The number of ketones is 1. The van der Waals surface area contributed by atoms with Gasteiger partial charge in [0, 0.05) is 24.4 Å². The molecule has 0 amide bonds. The third kappa shape index (κ3) is 1.67. The summed E-state index contributed by atoms with van der Waals surface area (Å²) < 4.78 is 11.1. The molecule has 0 aliphatic heterocycles. The molecule has 3 nitrogen and oxygen atoms in total. The van der Waals surface area contributed by atoms with Crippen LogP contribution in [-0.2, 0) is 14.3 Å². The van der Waals surface area contributed by atoms with Gasteiger partial charge in [0.15, 0.2) is 0 Å². The Hall–Kier alpha value is -0.410. The van der Waals surface area contributed by atoms with E-state index in [-0.39, 0.29) is 11.3 Å². The summed E-state index contributed by atoms with van der Waals surface area (Å²) in [5.41, 5.74) is 0.286. The van der Waals surface area contributed by atoms with Crippen molar-refractivity contribution in [2.45, 2.75) is 51.6 Å². The van der Waals surface area contributed by atoms with Crippen molar-refractivity contribution >= 4 is 5.78 Å². The van der Waals surface area contributed by atoms with Crippen molar-refractivity contribution in [3.8, 4) is 0 Å². The lowest BCUT2D eigenvalue weighted by atomic mass is 9.56. The molecule has 0 heterocycles. The number of hydrogen-bond donors (Lipinski definition) is 0. The highest BCUT2D eigenvalue weighted by atomic mass is 16.7. The van der Waals surface area contributed by atoms with E-state index >= 15 is 0 Å². The Morgan fingerprint density at radius 1 is 1.33 bits per heavy atom. The maximum Gasteiger partial charge on any atom is 0.146 e. The molecule has 0 radical (unpaired) electrons. The third-order valence-electron chi connectivity index (χ3n) is 5.69. The summed E-state index contributed by atoms with van der Waals surface area (Å²) in [5.74, 6) is 1.69. The normalized spacial score (nSPS) is 47.1. The Balaban J connectivity index is 1.86. The molecule has 0 aromatic carbocycles.